The van der Waals surface area contributed by atoms with Crippen LogP contribution in [0.2, 0.25) is 5.02 Å². The molecule has 0 fully saturated rings. The van der Waals surface area contributed by atoms with Gasteiger partial charge in [0.05, 0.1) is 31.4 Å². The predicted octanol–water partition coefficient (Wildman–Crippen LogP) is 3.83. The summed E-state index contributed by atoms with van der Waals surface area (Å²) >= 11 is 6.01. The molecule has 0 unspecified atom stereocenters. The molecule has 3 aromatic heterocycles. The first-order valence-electron chi connectivity index (χ1n) is 9.75. The van der Waals surface area contributed by atoms with E-state index in [0.29, 0.717) is 22.0 Å². The van der Waals surface area contributed by atoms with Crippen LogP contribution in [0.25, 0.3) is 16.9 Å². The molecule has 160 valence electrons. The SMILES string of the molecule is O=c1c2c(ncn2Cc2ccccc2F)n(-c2ccc(Cl)cc2)c(=O)n1Cc1ccco1. The van der Waals surface area contributed by atoms with Gasteiger partial charge >= 0.3 is 5.69 Å². The highest BCUT2D eigenvalue weighted by Crippen LogP contribution is 2.18. The number of hydrogen-bond donors (Lipinski definition) is 0. The molecule has 5 aromatic rings. The molecule has 9 heteroatoms. The van der Waals surface area contributed by atoms with Gasteiger partial charge in [-0.1, -0.05) is 29.8 Å². The standard InChI is InChI=1S/C23H16ClFN4O3/c24-16-7-9-17(10-8-16)29-21-20(22(30)28(23(29)31)13-18-5-3-11-32-18)27(14-26-21)12-15-4-1-2-6-19(15)25/h1-11,14H,12-13H2. The molecule has 5 rings (SSSR count). The summed E-state index contributed by atoms with van der Waals surface area (Å²) in [5.41, 5.74) is 0.128. The van der Waals surface area contributed by atoms with Crippen molar-refractivity contribution in [1.82, 2.24) is 18.7 Å². The number of furan rings is 1. The Morgan fingerprint density at radius 3 is 2.47 bits per heavy atom. The maximum atomic E-state index is 14.3. The second kappa shape index (κ2) is 7.97. The molecule has 0 aliphatic carbocycles. The molecule has 0 bridgehead atoms. The highest BCUT2D eigenvalue weighted by atomic mass is 35.5. The van der Waals surface area contributed by atoms with Crippen molar-refractivity contribution >= 4 is 22.8 Å². The third-order valence-electron chi connectivity index (χ3n) is 5.18. The molecule has 0 N–H and O–H groups in total. The van der Waals surface area contributed by atoms with E-state index in [9.17, 15) is 14.0 Å². The van der Waals surface area contributed by atoms with Crippen LogP contribution in [0.4, 0.5) is 4.39 Å². The lowest BCUT2D eigenvalue weighted by molar-refractivity contribution is 0.482. The quantitative estimate of drug-likeness (QED) is 0.408. The summed E-state index contributed by atoms with van der Waals surface area (Å²) in [6.07, 6.45) is 2.90. The summed E-state index contributed by atoms with van der Waals surface area (Å²) in [6.45, 7) is 0.0249. The highest BCUT2D eigenvalue weighted by Gasteiger charge is 2.20. The van der Waals surface area contributed by atoms with E-state index in [-0.39, 0.29) is 24.3 Å². The first-order chi connectivity index (χ1) is 15.5. The Morgan fingerprint density at radius 2 is 1.75 bits per heavy atom. The van der Waals surface area contributed by atoms with Crippen LogP contribution in [-0.2, 0) is 13.1 Å². The molecule has 0 saturated carbocycles. The van der Waals surface area contributed by atoms with Gasteiger partial charge in [-0.2, -0.15) is 0 Å². The normalized spacial score (nSPS) is 11.3. The van der Waals surface area contributed by atoms with E-state index in [2.05, 4.69) is 4.98 Å². The number of rotatable bonds is 5. The zero-order chi connectivity index (χ0) is 22.2. The molecule has 7 nitrogen and oxygen atoms in total. The Bertz CT molecular complexity index is 1530. The first kappa shape index (κ1) is 20.0. The Morgan fingerprint density at radius 1 is 0.969 bits per heavy atom. The summed E-state index contributed by atoms with van der Waals surface area (Å²) in [6, 6.07) is 16.3. The Hall–Kier alpha value is -3.91. The van der Waals surface area contributed by atoms with Gasteiger partial charge in [0.1, 0.15) is 11.6 Å². The fourth-order valence-corrected chi connectivity index (χ4v) is 3.76. The van der Waals surface area contributed by atoms with Crippen LogP contribution in [0.15, 0.2) is 87.3 Å². The van der Waals surface area contributed by atoms with Gasteiger partial charge in [0.2, 0.25) is 0 Å². The smallest absolute Gasteiger partial charge is 0.337 e. The zero-order valence-corrected chi connectivity index (χ0v) is 17.4. The van der Waals surface area contributed by atoms with Crippen LogP contribution < -0.4 is 11.2 Å². The van der Waals surface area contributed by atoms with Crippen molar-refractivity contribution in [3.05, 3.63) is 116 Å². The lowest BCUT2D eigenvalue weighted by atomic mass is 10.2. The van der Waals surface area contributed by atoms with E-state index in [4.69, 9.17) is 16.0 Å². The molecule has 0 atom stereocenters. The van der Waals surface area contributed by atoms with Crippen molar-refractivity contribution in [3.8, 4) is 5.69 Å². The third kappa shape index (κ3) is 3.44. The van der Waals surface area contributed by atoms with Crippen LogP contribution >= 0.6 is 11.6 Å². The van der Waals surface area contributed by atoms with Crippen LogP contribution in [0, 0.1) is 5.82 Å². The van der Waals surface area contributed by atoms with Crippen molar-refractivity contribution in [1.29, 1.82) is 0 Å². The molecule has 0 saturated heterocycles. The minimum Gasteiger partial charge on any atom is -0.467 e. The average Bonchev–Trinajstić information content (AvgIpc) is 3.44. The van der Waals surface area contributed by atoms with Gasteiger partial charge in [0.25, 0.3) is 5.56 Å². The molecule has 0 aliphatic rings. The number of benzene rings is 2. The minimum absolute atomic E-state index is 0.0565. The topological polar surface area (TPSA) is 75.0 Å². The van der Waals surface area contributed by atoms with Crippen LogP contribution in [0.1, 0.15) is 11.3 Å². The fourth-order valence-electron chi connectivity index (χ4n) is 3.63. The van der Waals surface area contributed by atoms with Crippen molar-refractivity contribution < 1.29 is 8.81 Å². The summed E-state index contributed by atoms with van der Waals surface area (Å²) in [7, 11) is 0. The van der Waals surface area contributed by atoms with E-state index in [1.54, 1.807) is 59.2 Å². The Labute approximate surface area is 185 Å². The molecule has 0 radical (unpaired) electrons. The van der Waals surface area contributed by atoms with Gasteiger partial charge < -0.3 is 8.98 Å². The molecule has 3 heterocycles. The van der Waals surface area contributed by atoms with Crippen molar-refractivity contribution in [2.75, 3.05) is 0 Å². The number of aromatic nitrogens is 4. The average molecular weight is 451 g/mol. The van der Waals surface area contributed by atoms with Crippen LogP contribution in [0.5, 0.6) is 0 Å². The third-order valence-corrected chi connectivity index (χ3v) is 5.43. The molecule has 0 spiro atoms. The van der Waals surface area contributed by atoms with Gasteiger partial charge in [0, 0.05) is 10.6 Å². The number of halogens is 2. The molecular weight excluding hydrogens is 435 g/mol. The number of hydrogen-bond acceptors (Lipinski definition) is 4. The molecule has 2 aromatic carbocycles. The second-order valence-corrected chi connectivity index (χ2v) is 7.64. The maximum Gasteiger partial charge on any atom is 0.337 e. The van der Waals surface area contributed by atoms with Crippen molar-refractivity contribution in [2.45, 2.75) is 13.1 Å². The molecule has 32 heavy (non-hydrogen) atoms. The van der Waals surface area contributed by atoms with Gasteiger partial charge in [-0.25, -0.2) is 18.7 Å². The summed E-state index contributed by atoms with van der Waals surface area (Å²) in [5, 5.41) is 0.507. The van der Waals surface area contributed by atoms with E-state index in [0.717, 1.165) is 4.57 Å². The van der Waals surface area contributed by atoms with Gasteiger partial charge in [-0.05, 0) is 42.5 Å². The van der Waals surface area contributed by atoms with Crippen LogP contribution in [0.3, 0.4) is 0 Å². The number of fused-ring (bicyclic) bond motifs is 1. The molecule has 0 amide bonds. The summed E-state index contributed by atoms with van der Waals surface area (Å²) < 4.78 is 23.6. The molecule has 0 aliphatic heterocycles. The van der Waals surface area contributed by atoms with Gasteiger partial charge in [-0.3, -0.25) is 9.36 Å². The maximum absolute atomic E-state index is 14.3. The monoisotopic (exact) mass is 450 g/mol. The second-order valence-electron chi connectivity index (χ2n) is 7.20. The van der Waals surface area contributed by atoms with E-state index < -0.39 is 17.1 Å². The predicted molar refractivity (Wildman–Crippen MR) is 118 cm³/mol. The fraction of sp³-hybridized carbons (Fsp3) is 0.0870. The summed E-state index contributed by atoms with van der Waals surface area (Å²) in [4.78, 5) is 31.1. The van der Waals surface area contributed by atoms with E-state index in [1.807, 2.05) is 0 Å². The zero-order valence-electron chi connectivity index (χ0n) is 16.6. The lowest BCUT2D eigenvalue weighted by Crippen LogP contribution is -2.40. The minimum atomic E-state index is -0.572. The number of imidazole rings is 1. The van der Waals surface area contributed by atoms with Crippen molar-refractivity contribution in [3.63, 3.8) is 0 Å². The number of nitrogens with zero attached hydrogens (tertiary/aromatic N) is 4. The van der Waals surface area contributed by atoms with Crippen LogP contribution in [-0.4, -0.2) is 18.7 Å². The lowest BCUT2D eigenvalue weighted by Gasteiger charge is -2.12. The Balaban J connectivity index is 1.77. The highest BCUT2D eigenvalue weighted by molar-refractivity contribution is 6.30. The van der Waals surface area contributed by atoms with Crippen molar-refractivity contribution in [2.24, 2.45) is 0 Å². The largest absolute Gasteiger partial charge is 0.467 e. The summed E-state index contributed by atoms with van der Waals surface area (Å²) in [5.74, 6) is 0.0580. The Kier molecular flexibility index (Phi) is 4.99. The van der Waals surface area contributed by atoms with E-state index in [1.165, 1.54) is 23.2 Å². The van der Waals surface area contributed by atoms with E-state index >= 15 is 0 Å². The molecular formula is C23H16ClFN4O3. The van der Waals surface area contributed by atoms with Gasteiger partial charge in [0.15, 0.2) is 11.2 Å². The first-order valence-corrected chi connectivity index (χ1v) is 10.1. The van der Waals surface area contributed by atoms with Gasteiger partial charge in [-0.15, -0.1) is 0 Å².